The van der Waals surface area contributed by atoms with Gasteiger partial charge in [-0.2, -0.15) is 0 Å². The van der Waals surface area contributed by atoms with E-state index in [1.807, 2.05) is 41.8 Å². The molecule has 0 aliphatic heterocycles. The average Bonchev–Trinajstić information content (AvgIpc) is 3.24. The first kappa shape index (κ1) is 19.1. The molecule has 1 aromatic heterocycles. The van der Waals surface area contributed by atoms with Crippen LogP contribution in [0.1, 0.15) is 26.4 Å². The maximum absolute atomic E-state index is 12.5. The summed E-state index contributed by atoms with van der Waals surface area (Å²) in [5.41, 5.74) is 4.04. The quantitative estimate of drug-likeness (QED) is 0.450. The monoisotopic (exact) mass is 397 g/mol. The third kappa shape index (κ3) is 5.67. The number of nitrogens with one attached hydrogen (secondary N) is 2. The largest absolute Gasteiger partial charge is 0.350 e. The number of benzene rings is 2. The fourth-order valence-corrected chi connectivity index (χ4v) is 4.00. The number of hydrogen-bond acceptors (Lipinski definition) is 5. The number of carbonyl (C=O) groups is 2. The minimum Gasteiger partial charge on any atom is -0.350 e. The summed E-state index contributed by atoms with van der Waals surface area (Å²) in [6.07, 6.45) is 0. The van der Waals surface area contributed by atoms with Crippen molar-refractivity contribution >= 4 is 34.9 Å². The van der Waals surface area contributed by atoms with Gasteiger partial charge >= 0.3 is 0 Å². The lowest BCUT2D eigenvalue weighted by atomic mass is 10.2. The number of nitrogens with zero attached hydrogens (tertiary/aromatic N) is 1. The molecule has 2 N–H and O–H groups in total. The van der Waals surface area contributed by atoms with E-state index in [2.05, 4.69) is 15.6 Å². The van der Waals surface area contributed by atoms with Crippen molar-refractivity contribution in [2.75, 3.05) is 13.1 Å². The van der Waals surface area contributed by atoms with Gasteiger partial charge in [-0.15, -0.1) is 23.1 Å². The first-order valence-corrected chi connectivity index (χ1v) is 10.4. The molecule has 7 heteroatoms. The zero-order chi connectivity index (χ0) is 18.9. The number of amides is 2. The van der Waals surface area contributed by atoms with E-state index in [-0.39, 0.29) is 11.8 Å². The van der Waals surface area contributed by atoms with Gasteiger partial charge in [0, 0.05) is 34.7 Å². The smallest absolute Gasteiger partial charge is 0.252 e. The topological polar surface area (TPSA) is 71.1 Å². The molecule has 0 fully saturated rings. The molecule has 0 aliphatic carbocycles. The second kappa shape index (κ2) is 9.89. The molecule has 27 heavy (non-hydrogen) atoms. The van der Waals surface area contributed by atoms with Gasteiger partial charge in [-0.3, -0.25) is 9.59 Å². The third-order valence-corrected chi connectivity index (χ3v) is 5.47. The molecule has 2 aromatic carbocycles. The van der Waals surface area contributed by atoms with Crippen molar-refractivity contribution in [2.24, 2.45) is 0 Å². The van der Waals surface area contributed by atoms with Gasteiger partial charge in [0.1, 0.15) is 0 Å². The van der Waals surface area contributed by atoms with Crippen LogP contribution in [0.3, 0.4) is 0 Å². The standard InChI is InChI=1S/C20H19N3O2S2/c24-19(15-6-2-1-3-7-15)21-10-11-22-20(25)17-8-4-5-9-18(17)27-13-16-12-26-14-23-16/h1-9,12,14H,10-11,13H2,(H,21,24)(H,22,25). The number of carbonyl (C=O) groups excluding carboxylic acids is 2. The average molecular weight is 398 g/mol. The van der Waals surface area contributed by atoms with E-state index < -0.39 is 0 Å². The number of aromatic nitrogens is 1. The number of thioether (sulfide) groups is 1. The summed E-state index contributed by atoms with van der Waals surface area (Å²) in [6, 6.07) is 16.5. The lowest BCUT2D eigenvalue weighted by molar-refractivity contribution is 0.0926. The van der Waals surface area contributed by atoms with Crippen LogP contribution < -0.4 is 10.6 Å². The molecule has 5 nitrogen and oxygen atoms in total. The fraction of sp³-hybridized carbons (Fsp3) is 0.150. The van der Waals surface area contributed by atoms with E-state index >= 15 is 0 Å². The number of hydrogen-bond donors (Lipinski definition) is 2. The van der Waals surface area contributed by atoms with E-state index in [1.165, 1.54) is 0 Å². The van der Waals surface area contributed by atoms with Gasteiger partial charge in [0.2, 0.25) is 0 Å². The summed E-state index contributed by atoms with van der Waals surface area (Å²) in [7, 11) is 0. The van der Waals surface area contributed by atoms with Crippen LogP contribution in [0, 0.1) is 0 Å². The Bertz CT molecular complexity index is 883. The maximum atomic E-state index is 12.5. The van der Waals surface area contributed by atoms with Gasteiger partial charge < -0.3 is 10.6 Å². The molecule has 0 atom stereocenters. The lowest BCUT2D eigenvalue weighted by Crippen LogP contribution is -2.34. The first-order chi connectivity index (χ1) is 13.2. The summed E-state index contributed by atoms with van der Waals surface area (Å²) in [4.78, 5) is 29.6. The summed E-state index contributed by atoms with van der Waals surface area (Å²) in [5, 5.41) is 7.66. The second-order valence-electron chi connectivity index (χ2n) is 5.64. The second-order valence-corrected chi connectivity index (χ2v) is 7.38. The van der Waals surface area contributed by atoms with Crippen molar-refractivity contribution in [2.45, 2.75) is 10.6 Å². The van der Waals surface area contributed by atoms with Gasteiger partial charge in [-0.25, -0.2) is 4.98 Å². The molecule has 0 aliphatic rings. The molecule has 2 amide bonds. The van der Waals surface area contributed by atoms with Crippen LogP contribution in [-0.2, 0) is 5.75 Å². The Hall–Kier alpha value is -2.64. The molecular weight excluding hydrogens is 378 g/mol. The molecule has 0 unspecified atom stereocenters. The molecule has 138 valence electrons. The van der Waals surface area contributed by atoms with Crippen molar-refractivity contribution in [3.8, 4) is 0 Å². The third-order valence-electron chi connectivity index (χ3n) is 3.72. The SMILES string of the molecule is O=C(NCCNC(=O)c1ccccc1SCc1cscn1)c1ccccc1. The summed E-state index contributed by atoms with van der Waals surface area (Å²) < 4.78 is 0. The summed E-state index contributed by atoms with van der Waals surface area (Å²) in [6.45, 7) is 0.732. The minimum atomic E-state index is -0.149. The first-order valence-electron chi connectivity index (χ1n) is 8.44. The molecule has 0 bridgehead atoms. The van der Waals surface area contributed by atoms with Crippen molar-refractivity contribution < 1.29 is 9.59 Å². The highest BCUT2D eigenvalue weighted by Gasteiger charge is 2.11. The summed E-state index contributed by atoms with van der Waals surface area (Å²) in [5.74, 6) is 0.426. The highest BCUT2D eigenvalue weighted by molar-refractivity contribution is 7.98. The van der Waals surface area contributed by atoms with Crippen LogP contribution in [0.5, 0.6) is 0 Å². The lowest BCUT2D eigenvalue weighted by Gasteiger charge is -2.10. The molecule has 3 rings (SSSR count). The van der Waals surface area contributed by atoms with Crippen LogP contribution in [0.2, 0.25) is 0 Å². The van der Waals surface area contributed by atoms with E-state index in [4.69, 9.17) is 0 Å². The van der Waals surface area contributed by atoms with E-state index in [0.717, 1.165) is 16.3 Å². The summed E-state index contributed by atoms with van der Waals surface area (Å²) >= 11 is 3.15. The molecule has 0 spiro atoms. The van der Waals surface area contributed by atoms with E-state index in [1.54, 1.807) is 46.8 Å². The molecule has 0 saturated carbocycles. The van der Waals surface area contributed by atoms with Crippen LogP contribution in [0.4, 0.5) is 0 Å². The van der Waals surface area contributed by atoms with Crippen molar-refractivity contribution in [3.63, 3.8) is 0 Å². The van der Waals surface area contributed by atoms with E-state index in [0.29, 0.717) is 24.2 Å². The van der Waals surface area contributed by atoms with Gasteiger partial charge in [0.25, 0.3) is 11.8 Å². The predicted molar refractivity (Wildman–Crippen MR) is 109 cm³/mol. The van der Waals surface area contributed by atoms with Gasteiger partial charge in [-0.1, -0.05) is 30.3 Å². The zero-order valence-corrected chi connectivity index (χ0v) is 16.2. The maximum Gasteiger partial charge on any atom is 0.252 e. The molecule has 1 heterocycles. The fourth-order valence-electron chi connectivity index (χ4n) is 2.38. The normalized spacial score (nSPS) is 10.4. The Morgan fingerprint density at radius 2 is 1.63 bits per heavy atom. The zero-order valence-electron chi connectivity index (χ0n) is 14.6. The van der Waals surface area contributed by atoms with Crippen LogP contribution >= 0.6 is 23.1 Å². The van der Waals surface area contributed by atoms with Crippen LogP contribution in [-0.4, -0.2) is 29.9 Å². The Morgan fingerprint density at radius 3 is 2.37 bits per heavy atom. The molecule has 0 saturated heterocycles. The van der Waals surface area contributed by atoms with Crippen LogP contribution in [0.15, 0.2) is 70.4 Å². The van der Waals surface area contributed by atoms with Gasteiger partial charge in [-0.05, 0) is 24.3 Å². The highest BCUT2D eigenvalue weighted by atomic mass is 32.2. The molecule has 0 radical (unpaired) electrons. The minimum absolute atomic E-state index is 0.148. The van der Waals surface area contributed by atoms with Crippen molar-refractivity contribution in [1.82, 2.24) is 15.6 Å². The van der Waals surface area contributed by atoms with Gasteiger partial charge in [0.15, 0.2) is 0 Å². The van der Waals surface area contributed by atoms with Crippen molar-refractivity contribution in [3.05, 3.63) is 82.3 Å². The Labute approximate surface area is 166 Å². The molecule has 3 aromatic rings. The Kier molecular flexibility index (Phi) is 7.01. The number of rotatable bonds is 8. The predicted octanol–water partition coefficient (Wildman–Crippen LogP) is 3.60. The van der Waals surface area contributed by atoms with Crippen LogP contribution in [0.25, 0.3) is 0 Å². The molecular formula is C20H19N3O2S2. The van der Waals surface area contributed by atoms with Gasteiger partial charge in [0.05, 0.1) is 16.8 Å². The Morgan fingerprint density at radius 1 is 0.926 bits per heavy atom. The number of thiazole rings is 1. The Balaban J connectivity index is 1.48. The highest BCUT2D eigenvalue weighted by Crippen LogP contribution is 2.26. The van der Waals surface area contributed by atoms with Crippen molar-refractivity contribution in [1.29, 1.82) is 0 Å². The van der Waals surface area contributed by atoms with E-state index in [9.17, 15) is 9.59 Å².